The minimum atomic E-state index is -0.887. The van der Waals surface area contributed by atoms with Crippen molar-refractivity contribution in [3.8, 4) is 11.1 Å². The second-order valence-electron chi connectivity index (χ2n) is 4.12. The van der Waals surface area contributed by atoms with Crippen molar-refractivity contribution in [2.45, 2.75) is 6.92 Å². The average molecular weight is 238 g/mol. The van der Waals surface area contributed by atoms with E-state index in [1.807, 2.05) is 54.6 Å². The summed E-state index contributed by atoms with van der Waals surface area (Å²) in [6.45, 7) is 1.59. The van der Waals surface area contributed by atoms with Crippen molar-refractivity contribution in [2.75, 3.05) is 0 Å². The van der Waals surface area contributed by atoms with Gasteiger partial charge in [-0.15, -0.1) is 0 Å². The summed E-state index contributed by atoms with van der Waals surface area (Å²) in [6, 6.07) is 17.9. The number of carbonyl (C=O) groups is 1. The molecule has 2 rings (SSSR count). The highest BCUT2D eigenvalue weighted by atomic mass is 16.4. The molecular formula is C16H14O2. The Balaban J connectivity index is 2.26. The summed E-state index contributed by atoms with van der Waals surface area (Å²) in [4.78, 5) is 10.7. The zero-order chi connectivity index (χ0) is 13.0. The smallest absolute Gasteiger partial charge is 0.331 e. The van der Waals surface area contributed by atoms with E-state index < -0.39 is 5.97 Å². The number of carboxylic acid groups (broad SMARTS) is 1. The molecule has 18 heavy (non-hydrogen) atoms. The number of carboxylic acids is 1. The van der Waals surface area contributed by atoms with Gasteiger partial charge in [0, 0.05) is 5.57 Å². The van der Waals surface area contributed by atoms with Gasteiger partial charge in [-0.05, 0) is 29.7 Å². The first kappa shape index (κ1) is 12.1. The predicted molar refractivity (Wildman–Crippen MR) is 73.2 cm³/mol. The van der Waals surface area contributed by atoms with Gasteiger partial charge in [-0.25, -0.2) is 4.79 Å². The van der Waals surface area contributed by atoms with Gasteiger partial charge in [0.2, 0.25) is 0 Å². The highest BCUT2D eigenvalue weighted by Crippen LogP contribution is 2.20. The van der Waals surface area contributed by atoms with Crippen LogP contribution in [0, 0.1) is 0 Å². The molecular weight excluding hydrogens is 224 g/mol. The summed E-state index contributed by atoms with van der Waals surface area (Å²) in [5.74, 6) is -0.887. The van der Waals surface area contributed by atoms with E-state index in [1.165, 1.54) is 0 Å². The summed E-state index contributed by atoms with van der Waals surface area (Å²) >= 11 is 0. The normalized spacial score (nSPS) is 11.3. The van der Waals surface area contributed by atoms with E-state index in [2.05, 4.69) is 0 Å². The van der Waals surface area contributed by atoms with Crippen LogP contribution in [-0.2, 0) is 4.79 Å². The number of rotatable bonds is 3. The van der Waals surface area contributed by atoms with Crippen molar-refractivity contribution >= 4 is 12.0 Å². The first-order valence-electron chi connectivity index (χ1n) is 5.74. The van der Waals surface area contributed by atoms with Crippen LogP contribution in [0.5, 0.6) is 0 Å². The van der Waals surface area contributed by atoms with Crippen molar-refractivity contribution in [1.82, 2.24) is 0 Å². The third kappa shape index (κ3) is 2.86. The fourth-order valence-electron chi connectivity index (χ4n) is 1.71. The molecule has 0 aromatic heterocycles. The molecule has 2 aromatic rings. The first-order valence-corrected chi connectivity index (χ1v) is 5.74. The Labute approximate surface area is 106 Å². The lowest BCUT2D eigenvalue weighted by Crippen LogP contribution is -1.95. The topological polar surface area (TPSA) is 37.3 Å². The Morgan fingerprint density at radius 2 is 1.50 bits per heavy atom. The second kappa shape index (κ2) is 5.32. The molecule has 2 aromatic carbocycles. The van der Waals surface area contributed by atoms with Gasteiger partial charge in [-0.3, -0.25) is 0 Å². The van der Waals surface area contributed by atoms with Gasteiger partial charge >= 0.3 is 5.97 Å². The molecule has 2 nitrogen and oxygen atoms in total. The molecule has 0 bridgehead atoms. The Kier molecular flexibility index (Phi) is 3.58. The quantitative estimate of drug-likeness (QED) is 0.825. The van der Waals surface area contributed by atoms with E-state index in [4.69, 9.17) is 5.11 Å². The molecule has 0 unspecified atom stereocenters. The lowest BCUT2D eigenvalue weighted by molar-refractivity contribution is -0.132. The minimum Gasteiger partial charge on any atom is -0.478 e. The van der Waals surface area contributed by atoms with Gasteiger partial charge in [-0.2, -0.15) is 0 Å². The van der Waals surface area contributed by atoms with E-state index >= 15 is 0 Å². The molecule has 0 amide bonds. The van der Waals surface area contributed by atoms with Gasteiger partial charge in [0.15, 0.2) is 0 Å². The first-order chi connectivity index (χ1) is 8.66. The van der Waals surface area contributed by atoms with Crippen molar-refractivity contribution < 1.29 is 9.90 Å². The van der Waals surface area contributed by atoms with Crippen LogP contribution < -0.4 is 0 Å². The molecule has 0 saturated heterocycles. The van der Waals surface area contributed by atoms with Crippen LogP contribution in [0.25, 0.3) is 17.2 Å². The molecule has 0 atom stereocenters. The Bertz CT molecular complexity index is 566. The van der Waals surface area contributed by atoms with E-state index in [-0.39, 0.29) is 0 Å². The van der Waals surface area contributed by atoms with Crippen molar-refractivity contribution in [1.29, 1.82) is 0 Å². The second-order valence-corrected chi connectivity index (χ2v) is 4.12. The Hall–Kier alpha value is -2.35. The molecule has 0 aliphatic carbocycles. The highest BCUT2D eigenvalue weighted by molar-refractivity contribution is 5.91. The summed E-state index contributed by atoms with van der Waals surface area (Å²) in [5, 5.41) is 8.81. The minimum absolute atomic E-state index is 0.336. The van der Waals surface area contributed by atoms with Crippen LogP contribution >= 0.6 is 0 Å². The number of benzene rings is 2. The van der Waals surface area contributed by atoms with Gasteiger partial charge < -0.3 is 5.11 Å². The largest absolute Gasteiger partial charge is 0.478 e. The molecule has 0 heterocycles. The molecule has 90 valence electrons. The van der Waals surface area contributed by atoms with Gasteiger partial charge in [0.25, 0.3) is 0 Å². The molecule has 1 N–H and O–H groups in total. The monoisotopic (exact) mass is 238 g/mol. The number of hydrogen-bond donors (Lipinski definition) is 1. The zero-order valence-electron chi connectivity index (χ0n) is 10.1. The van der Waals surface area contributed by atoms with Crippen molar-refractivity contribution in [3.63, 3.8) is 0 Å². The lowest BCUT2D eigenvalue weighted by Gasteiger charge is -2.02. The van der Waals surface area contributed by atoms with Crippen molar-refractivity contribution in [3.05, 3.63) is 65.7 Å². The lowest BCUT2D eigenvalue weighted by atomic mass is 10.0. The van der Waals surface area contributed by atoms with Crippen LogP contribution in [0.1, 0.15) is 12.5 Å². The summed E-state index contributed by atoms with van der Waals surface area (Å²) in [7, 11) is 0. The van der Waals surface area contributed by atoms with E-state index in [0.29, 0.717) is 5.57 Å². The maximum absolute atomic E-state index is 10.7. The van der Waals surface area contributed by atoms with Crippen LogP contribution in [0.2, 0.25) is 0 Å². The van der Waals surface area contributed by atoms with Gasteiger partial charge in [0.05, 0.1) is 0 Å². The fourth-order valence-corrected chi connectivity index (χ4v) is 1.71. The molecule has 0 spiro atoms. The zero-order valence-corrected chi connectivity index (χ0v) is 10.1. The van der Waals surface area contributed by atoms with Crippen molar-refractivity contribution in [2.24, 2.45) is 0 Å². The molecule has 0 fully saturated rings. The summed E-state index contributed by atoms with van der Waals surface area (Å²) in [5.41, 5.74) is 3.51. The third-order valence-electron chi connectivity index (χ3n) is 2.74. The predicted octanol–water partition coefficient (Wildman–Crippen LogP) is 3.84. The van der Waals surface area contributed by atoms with E-state index in [9.17, 15) is 4.79 Å². The SMILES string of the molecule is C/C(=C\c1ccc(-c2ccccc2)cc1)C(=O)O. The molecule has 0 saturated carbocycles. The van der Waals surface area contributed by atoms with Crippen LogP contribution in [0.15, 0.2) is 60.2 Å². The van der Waals surface area contributed by atoms with E-state index in [1.54, 1.807) is 13.0 Å². The average Bonchev–Trinajstić information content (AvgIpc) is 2.40. The van der Waals surface area contributed by atoms with Crippen LogP contribution in [0.3, 0.4) is 0 Å². The maximum atomic E-state index is 10.7. The van der Waals surface area contributed by atoms with Gasteiger partial charge in [0.1, 0.15) is 0 Å². The number of hydrogen-bond acceptors (Lipinski definition) is 1. The molecule has 2 heteroatoms. The van der Waals surface area contributed by atoms with Crippen LogP contribution in [0.4, 0.5) is 0 Å². The third-order valence-corrected chi connectivity index (χ3v) is 2.74. The number of aliphatic carboxylic acids is 1. The Morgan fingerprint density at radius 1 is 0.944 bits per heavy atom. The summed E-state index contributed by atoms with van der Waals surface area (Å²) < 4.78 is 0. The standard InChI is InChI=1S/C16H14O2/c1-12(16(17)18)11-13-7-9-15(10-8-13)14-5-3-2-4-6-14/h2-11H,1H3,(H,17,18)/b12-11+. The molecule has 0 radical (unpaired) electrons. The maximum Gasteiger partial charge on any atom is 0.331 e. The Morgan fingerprint density at radius 3 is 2.06 bits per heavy atom. The summed E-state index contributed by atoms with van der Waals surface area (Å²) in [6.07, 6.45) is 1.66. The molecule has 0 aliphatic heterocycles. The molecule has 0 aliphatic rings. The van der Waals surface area contributed by atoms with Crippen LogP contribution in [-0.4, -0.2) is 11.1 Å². The van der Waals surface area contributed by atoms with Gasteiger partial charge in [-0.1, -0.05) is 54.6 Å². The van der Waals surface area contributed by atoms with E-state index in [0.717, 1.165) is 16.7 Å². The highest BCUT2D eigenvalue weighted by Gasteiger charge is 2.00. The fraction of sp³-hybridized carbons (Fsp3) is 0.0625.